The van der Waals surface area contributed by atoms with E-state index in [-0.39, 0.29) is 0 Å². The van der Waals surface area contributed by atoms with Crippen LogP contribution in [0.2, 0.25) is 0 Å². The van der Waals surface area contributed by atoms with Crippen LogP contribution in [-0.4, -0.2) is 11.6 Å². The number of ether oxygens (including phenoxy) is 1. The van der Waals surface area contributed by atoms with Crippen molar-refractivity contribution >= 4 is 0 Å². The molecule has 0 bridgehead atoms. The first-order chi connectivity index (χ1) is 10.9. The van der Waals surface area contributed by atoms with Crippen molar-refractivity contribution in [3.8, 4) is 28.3 Å². The number of rotatable bonds is 6. The molecular weight excluding hydrogens is 274 g/mol. The van der Waals surface area contributed by atoms with E-state index in [1.807, 2.05) is 54.6 Å². The maximum Gasteiger partial charge on any atom is 0.182 e. The highest BCUT2D eigenvalue weighted by atomic mass is 16.5. The van der Waals surface area contributed by atoms with Gasteiger partial charge in [-0.1, -0.05) is 43.7 Å². The summed E-state index contributed by atoms with van der Waals surface area (Å²) in [6.45, 7) is 2.91. The Balaban J connectivity index is 1.82. The SMILES string of the molecule is CCCCOc1ccc(-c2ncoc2-c2ccccc2)cc1. The fourth-order valence-corrected chi connectivity index (χ4v) is 2.29. The van der Waals surface area contributed by atoms with Gasteiger partial charge in [-0.25, -0.2) is 4.98 Å². The lowest BCUT2D eigenvalue weighted by Crippen LogP contribution is -1.96. The summed E-state index contributed by atoms with van der Waals surface area (Å²) in [7, 11) is 0. The van der Waals surface area contributed by atoms with Gasteiger partial charge >= 0.3 is 0 Å². The average molecular weight is 293 g/mol. The first-order valence-electron chi connectivity index (χ1n) is 7.60. The van der Waals surface area contributed by atoms with Gasteiger partial charge < -0.3 is 9.15 Å². The highest BCUT2D eigenvalue weighted by Gasteiger charge is 2.12. The molecule has 1 heterocycles. The molecule has 1 aromatic heterocycles. The molecule has 0 saturated heterocycles. The maximum atomic E-state index is 5.69. The predicted molar refractivity (Wildman–Crippen MR) is 87.8 cm³/mol. The third-order valence-electron chi connectivity index (χ3n) is 3.50. The number of benzene rings is 2. The average Bonchev–Trinajstić information content (AvgIpc) is 3.06. The Morgan fingerprint density at radius 2 is 1.73 bits per heavy atom. The van der Waals surface area contributed by atoms with E-state index in [1.54, 1.807) is 0 Å². The van der Waals surface area contributed by atoms with Crippen LogP contribution < -0.4 is 4.74 Å². The van der Waals surface area contributed by atoms with Crippen LogP contribution in [-0.2, 0) is 0 Å². The second kappa shape index (κ2) is 6.94. The molecule has 0 atom stereocenters. The van der Waals surface area contributed by atoms with E-state index >= 15 is 0 Å². The molecule has 0 radical (unpaired) electrons. The molecule has 0 fully saturated rings. The summed E-state index contributed by atoms with van der Waals surface area (Å²) in [5.74, 6) is 1.68. The number of nitrogens with zero attached hydrogens (tertiary/aromatic N) is 1. The standard InChI is InChI=1S/C19H19NO2/c1-2-3-13-21-17-11-9-15(10-12-17)18-19(22-14-20-18)16-7-5-4-6-8-16/h4-12,14H,2-3,13H2,1H3. The molecule has 0 saturated carbocycles. The Morgan fingerprint density at radius 3 is 2.45 bits per heavy atom. The van der Waals surface area contributed by atoms with Gasteiger partial charge in [-0.2, -0.15) is 0 Å². The Bertz CT molecular complexity index is 702. The quantitative estimate of drug-likeness (QED) is 0.587. The Hall–Kier alpha value is -2.55. The van der Waals surface area contributed by atoms with Gasteiger partial charge in [0.2, 0.25) is 0 Å². The van der Waals surface area contributed by atoms with Crippen molar-refractivity contribution in [1.29, 1.82) is 0 Å². The normalized spacial score (nSPS) is 10.6. The van der Waals surface area contributed by atoms with Crippen LogP contribution in [0.3, 0.4) is 0 Å². The van der Waals surface area contributed by atoms with Gasteiger partial charge in [0, 0.05) is 11.1 Å². The van der Waals surface area contributed by atoms with E-state index in [2.05, 4.69) is 11.9 Å². The predicted octanol–water partition coefficient (Wildman–Crippen LogP) is 5.19. The van der Waals surface area contributed by atoms with Gasteiger partial charge in [-0.15, -0.1) is 0 Å². The van der Waals surface area contributed by atoms with Crippen LogP contribution >= 0.6 is 0 Å². The summed E-state index contributed by atoms with van der Waals surface area (Å²) in [5, 5.41) is 0. The molecule has 0 N–H and O–H groups in total. The van der Waals surface area contributed by atoms with Gasteiger partial charge in [-0.3, -0.25) is 0 Å². The minimum atomic E-state index is 0.759. The zero-order chi connectivity index (χ0) is 15.2. The van der Waals surface area contributed by atoms with E-state index in [9.17, 15) is 0 Å². The third kappa shape index (κ3) is 3.19. The van der Waals surface area contributed by atoms with Crippen molar-refractivity contribution < 1.29 is 9.15 Å². The number of unbranched alkanes of at least 4 members (excludes halogenated alkanes) is 1. The van der Waals surface area contributed by atoms with Crippen molar-refractivity contribution in [1.82, 2.24) is 4.98 Å². The number of hydrogen-bond donors (Lipinski definition) is 0. The van der Waals surface area contributed by atoms with Crippen LogP contribution in [0.25, 0.3) is 22.6 Å². The molecule has 0 amide bonds. The van der Waals surface area contributed by atoms with Crippen LogP contribution in [0.4, 0.5) is 0 Å². The number of aromatic nitrogens is 1. The lowest BCUT2D eigenvalue weighted by molar-refractivity contribution is 0.309. The maximum absolute atomic E-state index is 5.69. The molecule has 0 spiro atoms. The summed E-state index contributed by atoms with van der Waals surface area (Å²) in [5.41, 5.74) is 2.90. The second-order valence-corrected chi connectivity index (χ2v) is 5.12. The molecule has 3 rings (SSSR count). The lowest BCUT2D eigenvalue weighted by atomic mass is 10.1. The number of oxazole rings is 1. The first kappa shape index (κ1) is 14.4. The largest absolute Gasteiger partial charge is 0.494 e. The van der Waals surface area contributed by atoms with Crippen LogP contribution in [0.5, 0.6) is 5.75 Å². The second-order valence-electron chi connectivity index (χ2n) is 5.12. The molecule has 0 aliphatic rings. The Labute approximate surface area is 130 Å². The summed E-state index contributed by atoms with van der Waals surface area (Å²) < 4.78 is 11.3. The fraction of sp³-hybridized carbons (Fsp3) is 0.211. The molecule has 112 valence electrons. The molecule has 3 heteroatoms. The third-order valence-corrected chi connectivity index (χ3v) is 3.50. The zero-order valence-electron chi connectivity index (χ0n) is 12.7. The summed E-state index contributed by atoms with van der Waals surface area (Å²) in [6, 6.07) is 18.0. The Kier molecular flexibility index (Phi) is 4.54. The highest BCUT2D eigenvalue weighted by Crippen LogP contribution is 2.31. The monoisotopic (exact) mass is 293 g/mol. The summed E-state index contributed by atoms with van der Waals surface area (Å²) in [4.78, 5) is 4.36. The zero-order valence-corrected chi connectivity index (χ0v) is 12.7. The first-order valence-corrected chi connectivity index (χ1v) is 7.60. The lowest BCUT2D eigenvalue weighted by Gasteiger charge is -2.06. The topological polar surface area (TPSA) is 35.3 Å². The van der Waals surface area contributed by atoms with Crippen LogP contribution in [0.1, 0.15) is 19.8 Å². The Morgan fingerprint density at radius 1 is 0.955 bits per heavy atom. The van der Waals surface area contributed by atoms with Crippen molar-refractivity contribution in [3.63, 3.8) is 0 Å². The molecule has 0 aliphatic heterocycles. The van der Waals surface area contributed by atoms with Crippen molar-refractivity contribution in [2.24, 2.45) is 0 Å². The van der Waals surface area contributed by atoms with Crippen molar-refractivity contribution in [2.75, 3.05) is 6.61 Å². The van der Waals surface area contributed by atoms with E-state index in [0.717, 1.165) is 47.8 Å². The molecule has 3 aromatic rings. The molecule has 0 unspecified atom stereocenters. The van der Waals surface area contributed by atoms with E-state index in [4.69, 9.17) is 9.15 Å². The number of hydrogen-bond acceptors (Lipinski definition) is 3. The van der Waals surface area contributed by atoms with Crippen molar-refractivity contribution in [2.45, 2.75) is 19.8 Å². The summed E-state index contributed by atoms with van der Waals surface area (Å²) >= 11 is 0. The molecule has 22 heavy (non-hydrogen) atoms. The summed E-state index contributed by atoms with van der Waals surface area (Å²) in [6.07, 6.45) is 3.70. The molecular formula is C19H19NO2. The van der Waals surface area contributed by atoms with E-state index in [0.29, 0.717) is 0 Å². The minimum Gasteiger partial charge on any atom is -0.494 e. The fourth-order valence-electron chi connectivity index (χ4n) is 2.29. The smallest absolute Gasteiger partial charge is 0.182 e. The molecule has 2 aromatic carbocycles. The van der Waals surface area contributed by atoms with Gasteiger partial charge in [0.25, 0.3) is 0 Å². The van der Waals surface area contributed by atoms with Crippen LogP contribution in [0, 0.1) is 0 Å². The van der Waals surface area contributed by atoms with Gasteiger partial charge in [0.1, 0.15) is 11.4 Å². The van der Waals surface area contributed by atoms with E-state index < -0.39 is 0 Å². The highest BCUT2D eigenvalue weighted by molar-refractivity contribution is 5.76. The van der Waals surface area contributed by atoms with E-state index in [1.165, 1.54) is 6.39 Å². The van der Waals surface area contributed by atoms with Gasteiger partial charge in [0.15, 0.2) is 12.2 Å². The van der Waals surface area contributed by atoms with Crippen LogP contribution in [0.15, 0.2) is 65.4 Å². The molecule has 3 nitrogen and oxygen atoms in total. The van der Waals surface area contributed by atoms with Gasteiger partial charge in [-0.05, 0) is 30.7 Å². The van der Waals surface area contributed by atoms with Gasteiger partial charge in [0.05, 0.1) is 6.61 Å². The van der Waals surface area contributed by atoms with Crippen molar-refractivity contribution in [3.05, 3.63) is 61.0 Å². The molecule has 0 aliphatic carbocycles. The minimum absolute atomic E-state index is 0.759.